The number of hydrogen-bond acceptors (Lipinski definition) is 7. The van der Waals surface area contributed by atoms with Gasteiger partial charge < -0.3 is 5.32 Å². The van der Waals surface area contributed by atoms with Crippen LogP contribution >= 0.6 is 0 Å². The summed E-state index contributed by atoms with van der Waals surface area (Å²) in [7, 11) is 0. The Labute approximate surface area is 182 Å². The first kappa shape index (κ1) is 19.3. The minimum Gasteiger partial charge on any atom is -0.338 e. The number of benzene rings is 3. The van der Waals surface area contributed by atoms with Crippen molar-refractivity contribution in [3.8, 4) is 11.4 Å². The van der Waals surface area contributed by atoms with Crippen LogP contribution in [0.1, 0.15) is 5.56 Å². The fourth-order valence-electron chi connectivity index (χ4n) is 3.33. The van der Waals surface area contributed by atoms with Crippen LogP contribution in [0.5, 0.6) is 0 Å². The van der Waals surface area contributed by atoms with Gasteiger partial charge in [0.1, 0.15) is 0 Å². The van der Waals surface area contributed by atoms with Gasteiger partial charge in [-0.25, -0.2) is 14.6 Å². The summed E-state index contributed by atoms with van der Waals surface area (Å²) in [5, 5.41) is 22.8. The average molecular weight is 423 g/mol. The molecule has 0 fully saturated rings. The highest BCUT2D eigenvalue weighted by Gasteiger charge is 2.17. The highest BCUT2D eigenvalue weighted by atomic mass is 16.6. The SMILES string of the molecule is O=[N+]([O-])c1ccc(Nc2nc(-c3ccccc3)nc3c2nnn3Cc2ccccc2)cc1. The number of hydrogen-bond donors (Lipinski definition) is 1. The van der Waals surface area contributed by atoms with Crippen molar-refractivity contribution in [2.24, 2.45) is 0 Å². The number of aromatic nitrogens is 5. The Morgan fingerprint density at radius 3 is 2.25 bits per heavy atom. The molecule has 0 saturated heterocycles. The standard InChI is InChI=1S/C23H17N7O2/c31-30(32)19-13-11-18(12-14-19)24-22-20-23(26-21(25-22)17-9-5-2-6-10-17)29(28-27-20)15-16-7-3-1-4-8-16/h1-14H,15H2,(H,24,25,26). The molecule has 0 saturated carbocycles. The van der Waals surface area contributed by atoms with E-state index in [0.717, 1.165) is 11.1 Å². The zero-order chi connectivity index (χ0) is 21.9. The molecule has 5 aromatic rings. The number of nitro groups is 1. The van der Waals surface area contributed by atoms with Gasteiger partial charge in [0.05, 0.1) is 11.5 Å². The maximum absolute atomic E-state index is 10.9. The first-order valence-electron chi connectivity index (χ1n) is 9.89. The van der Waals surface area contributed by atoms with Crippen molar-refractivity contribution in [1.82, 2.24) is 25.0 Å². The Balaban J connectivity index is 1.59. The third-order valence-corrected chi connectivity index (χ3v) is 4.91. The normalized spacial score (nSPS) is 10.9. The van der Waals surface area contributed by atoms with Gasteiger partial charge in [-0.2, -0.15) is 0 Å². The maximum atomic E-state index is 10.9. The summed E-state index contributed by atoms with van der Waals surface area (Å²) in [6.45, 7) is 0.513. The van der Waals surface area contributed by atoms with Crippen LogP contribution in [0.15, 0.2) is 84.9 Å². The van der Waals surface area contributed by atoms with Gasteiger partial charge in [-0.1, -0.05) is 65.9 Å². The number of fused-ring (bicyclic) bond motifs is 1. The van der Waals surface area contributed by atoms with Gasteiger partial charge >= 0.3 is 0 Å². The fourth-order valence-corrected chi connectivity index (χ4v) is 3.33. The van der Waals surface area contributed by atoms with Gasteiger partial charge in [0.25, 0.3) is 5.69 Å². The van der Waals surface area contributed by atoms with Crippen LogP contribution < -0.4 is 5.32 Å². The molecule has 156 valence electrons. The van der Waals surface area contributed by atoms with Gasteiger partial charge in [-0.3, -0.25) is 10.1 Å². The third-order valence-electron chi connectivity index (χ3n) is 4.91. The molecule has 0 spiro atoms. The predicted molar refractivity (Wildman–Crippen MR) is 120 cm³/mol. The second-order valence-electron chi connectivity index (χ2n) is 7.10. The van der Waals surface area contributed by atoms with E-state index in [1.54, 1.807) is 16.8 Å². The molecular formula is C23H17N7O2. The largest absolute Gasteiger partial charge is 0.338 e. The van der Waals surface area contributed by atoms with E-state index in [0.29, 0.717) is 35.0 Å². The van der Waals surface area contributed by atoms with E-state index in [1.165, 1.54) is 12.1 Å². The number of rotatable bonds is 6. The van der Waals surface area contributed by atoms with Crippen LogP contribution in [0.2, 0.25) is 0 Å². The van der Waals surface area contributed by atoms with Crippen molar-refractivity contribution in [1.29, 1.82) is 0 Å². The summed E-state index contributed by atoms with van der Waals surface area (Å²) in [5.74, 6) is 1.00. The molecule has 2 heterocycles. The molecule has 0 unspecified atom stereocenters. The maximum Gasteiger partial charge on any atom is 0.269 e. The van der Waals surface area contributed by atoms with Gasteiger partial charge in [0.15, 0.2) is 22.8 Å². The van der Waals surface area contributed by atoms with Crippen molar-refractivity contribution < 1.29 is 4.92 Å². The Hall–Kier alpha value is -4.66. The molecule has 9 heteroatoms. The van der Waals surface area contributed by atoms with Gasteiger partial charge in [-0.15, -0.1) is 5.10 Å². The summed E-state index contributed by atoms with van der Waals surface area (Å²) < 4.78 is 1.74. The van der Waals surface area contributed by atoms with Crippen molar-refractivity contribution >= 4 is 28.4 Å². The number of nitrogens with zero attached hydrogens (tertiary/aromatic N) is 6. The van der Waals surface area contributed by atoms with Gasteiger partial charge in [0, 0.05) is 23.4 Å². The zero-order valence-electron chi connectivity index (χ0n) is 16.8. The molecular weight excluding hydrogens is 406 g/mol. The van der Waals surface area contributed by atoms with Crippen LogP contribution in [-0.2, 0) is 6.54 Å². The summed E-state index contributed by atoms with van der Waals surface area (Å²) in [6, 6.07) is 25.7. The molecule has 0 aliphatic carbocycles. The molecule has 0 aliphatic heterocycles. The first-order valence-corrected chi connectivity index (χ1v) is 9.89. The van der Waals surface area contributed by atoms with Crippen LogP contribution in [0.25, 0.3) is 22.6 Å². The zero-order valence-corrected chi connectivity index (χ0v) is 16.8. The molecule has 1 N–H and O–H groups in total. The second-order valence-corrected chi connectivity index (χ2v) is 7.10. The highest BCUT2D eigenvalue weighted by molar-refractivity contribution is 5.86. The predicted octanol–water partition coefficient (Wildman–Crippen LogP) is 4.59. The van der Waals surface area contributed by atoms with E-state index in [2.05, 4.69) is 20.6 Å². The minimum absolute atomic E-state index is 0.0159. The van der Waals surface area contributed by atoms with E-state index in [-0.39, 0.29) is 5.69 Å². The lowest BCUT2D eigenvalue weighted by Crippen LogP contribution is -2.05. The second kappa shape index (κ2) is 8.23. The van der Waals surface area contributed by atoms with E-state index in [1.807, 2.05) is 60.7 Å². The van der Waals surface area contributed by atoms with Crippen molar-refractivity contribution in [3.05, 3.63) is 101 Å². The molecule has 0 bridgehead atoms. The smallest absolute Gasteiger partial charge is 0.269 e. The Bertz CT molecular complexity index is 1390. The third kappa shape index (κ3) is 3.86. The lowest BCUT2D eigenvalue weighted by Gasteiger charge is -2.09. The lowest BCUT2D eigenvalue weighted by atomic mass is 10.2. The van der Waals surface area contributed by atoms with E-state index >= 15 is 0 Å². The van der Waals surface area contributed by atoms with E-state index in [4.69, 9.17) is 4.98 Å². The Morgan fingerprint density at radius 2 is 1.56 bits per heavy atom. The molecule has 32 heavy (non-hydrogen) atoms. The van der Waals surface area contributed by atoms with Crippen LogP contribution in [0.4, 0.5) is 17.2 Å². The number of anilines is 2. The molecule has 0 amide bonds. The summed E-state index contributed by atoms with van der Waals surface area (Å²) in [5.41, 5.74) is 3.69. The number of nitrogens with one attached hydrogen (secondary N) is 1. The average Bonchev–Trinajstić information content (AvgIpc) is 3.23. The van der Waals surface area contributed by atoms with E-state index < -0.39 is 4.92 Å². The summed E-state index contributed by atoms with van der Waals surface area (Å²) in [6.07, 6.45) is 0. The monoisotopic (exact) mass is 423 g/mol. The Morgan fingerprint density at radius 1 is 0.875 bits per heavy atom. The molecule has 3 aromatic carbocycles. The summed E-state index contributed by atoms with van der Waals surface area (Å²) >= 11 is 0. The van der Waals surface area contributed by atoms with Crippen molar-refractivity contribution in [2.75, 3.05) is 5.32 Å². The Kier molecular flexibility index (Phi) is 4.97. The van der Waals surface area contributed by atoms with Crippen LogP contribution in [-0.4, -0.2) is 29.9 Å². The molecule has 9 nitrogen and oxygen atoms in total. The molecule has 0 aliphatic rings. The number of nitro benzene ring substituents is 1. The molecule has 2 aromatic heterocycles. The summed E-state index contributed by atoms with van der Waals surface area (Å²) in [4.78, 5) is 19.9. The lowest BCUT2D eigenvalue weighted by molar-refractivity contribution is -0.384. The van der Waals surface area contributed by atoms with Crippen molar-refractivity contribution in [3.63, 3.8) is 0 Å². The van der Waals surface area contributed by atoms with Gasteiger partial charge in [-0.05, 0) is 17.7 Å². The van der Waals surface area contributed by atoms with E-state index in [9.17, 15) is 10.1 Å². The van der Waals surface area contributed by atoms with Crippen molar-refractivity contribution in [2.45, 2.75) is 6.54 Å². The quantitative estimate of drug-likeness (QED) is 0.314. The minimum atomic E-state index is -0.435. The molecule has 5 rings (SSSR count). The topological polar surface area (TPSA) is 112 Å². The van der Waals surface area contributed by atoms with Crippen LogP contribution in [0.3, 0.4) is 0 Å². The fraction of sp³-hybridized carbons (Fsp3) is 0.0435. The van der Waals surface area contributed by atoms with Gasteiger partial charge in [0.2, 0.25) is 0 Å². The molecule has 0 radical (unpaired) electrons. The first-order chi connectivity index (χ1) is 15.7. The van der Waals surface area contributed by atoms with Crippen LogP contribution in [0, 0.1) is 10.1 Å². The molecule has 0 atom stereocenters. The highest BCUT2D eigenvalue weighted by Crippen LogP contribution is 2.27. The number of non-ortho nitro benzene ring substituents is 1.